The minimum atomic E-state index is -3.89. The maximum Gasteiger partial charge on any atom is 0.243 e. The SMILES string of the molecule is O=C1CCCN1c1ccc(S(=O)(=O)N(C[C@H]2CCCO2)[C@@H]2CCS(=O)(=O)C2)cc1. The number of carbonyl (C=O) groups is 1. The van der Waals surface area contributed by atoms with E-state index in [9.17, 15) is 21.6 Å². The second kappa shape index (κ2) is 7.98. The van der Waals surface area contributed by atoms with Crippen molar-refractivity contribution in [3.8, 4) is 0 Å². The van der Waals surface area contributed by atoms with E-state index in [0.29, 0.717) is 31.7 Å². The fourth-order valence-corrected chi connectivity index (χ4v) is 7.80. The lowest BCUT2D eigenvalue weighted by molar-refractivity contribution is -0.117. The number of ether oxygens (including phenoxy) is 1. The fourth-order valence-electron chi connectivity index (χ4n) is 4.29. The summed E-state index contributed by atoms with van der Waals surface area (Å²) in [6.07, 6.45) is 3.03. The van der Waals surface area contributed by atoms with Crippen LogP contribution in [0.2, 0.25) is 0 Å². The van der Waals surface area contributed by atoms with Crippen molar-refractivity contribution in [2.45, 2.75) is 49.1 Å². The van der Waals surface area contributed by atoms with E-state index in [-0.39, 0.29) is 35.0 Å². The summed E-state index contributed by atoms with van der Waals surface area (Å²) in [5.41, 5.74) is 0.681. The maximum atomic E-state index is 13.4. The summed E-state index contributed by atoms with van der Waals surface area (Å²) >= 11 is 0. The van der Waals surface area contributed by atoms with E-state index in [1.165, 1.54) is 16.4 Å². The molecule has 1 aromatic carbocycles. The van der Waals surface area contributed by atoms with Gasteiger partial charge in [-0.3, -0.25) is 4.79 Å². The molecule has 3 heterocycles. The Hall–Kier alpha value is -1.49. The van der Waals surface area contributed by atoms with Crippen LogP contribution in [0.1, 0.15) is 32.1 Å². The highest BCUT2D eigenvalue weighted by molar-refractivity contribution is 7.92. The minimum Gasteiger partial charge on any atom is -0.377 e. The van der Waals surface area contributed by atoms with Gasteiger partial charge in [0.2, 0.25) is 15.9 Å². The number of rotatable bonds is 6. The topological polar surface area (TPSA) is 101 Å². The Morgan fingerprint density at radius 3 is 2.45 bits per heavy atom. The molecule has 8 nitrogen and oxygen atoms in total. The molecule has 1 aromatic rings. The van der Waals surface area contributed by atoms with E-state index in [2.05, 4.69) is 0 Å². The van der Waals surface area contributed by atoms with Crippen LogP contribution in [0.25, 0.3) is 0 Å². The molecule has 3 aliphatic heterocycles. The number of nitrogens with zero attached hydrogens (tertiary/aromatic N) is 2. The Kier molecular flexibility index (Phi) is 5.71. The largest absolute Gasteiger partial charge is 0.377 e. The predicted octanol–water partition coefficient (Wildman–Crippen LogP) is 1.17. The standard InChI is InChI=1S/C19H26N2O6S2/c22-19-4-1-10-20(19)15-5-7-18(8-6-15)29(25,26)21(13-17-3-2-11-27-17)16-9-12-28(23,24)14-16/h5-8,16-17H,1-4,9-14H2/t16-,17-/m1/s1. The molecule has 0 radical (unpaired) electrons. The van der Waals surface area contributed by atoms with Crippen LogP contribution in [-0.2, 0) is 29.4 Å². The Bertz CT molecular complexity index is 968. The molecule has 0 N–H and O–H groups in total. The minimum absolute atomic E-state index is 0.00518. The third kappa shape index (κ3) is 4.35. The normalized spacial score (nSPS) is 27.2. The van der Waals surface area contributed by atoms with E-state index >= 15 is 0 Å². The third-order valence-corrected chi connectivity index (χ3v) is 9.53. The highest BCUT2D eigenvalue weighted by Gasteiger charge is 2.40. The van der Waals surface area contributed by atoms with Crippen molar-refractivity contribution in [3.63, 3.8) is 0 Å². The van der Waals surface area contributed by atoms with Crippen LogP contribution in [0, 0.1) is 0 Å². The van der Waals surface area contributed by atoms with Crippen molar-refractivity contribution in [1.29, 1.82) is 0 Å². The number of carbonyl (C=O) groups excluding carboxylic acids is 1. The summed E-state index contributed by atoms with van der Waals surface area (Å²) in [7, 11) is -7.12. The molecule has 0 bridgehead atoms. The quantitative estimate of drug-likeness (QED) is 0.656. The number of amides is 1. The number of anilines is 1. The van der Waals surface area contributed by atoms with E-state index < -0.39 is 25.9 Å². The first-order valence-electron chi connectivity index (χ1n) is 10.0. The smallest absolute Gasteiger partial charge is 0.243 e. The van der Waals surface area contributed by atoms with Crippen LogP contribution >= 0.6 is 0 Å². The monoisotopic (exact) mass is 442 g/mol. The first kappa shape index (κ1) is 20.8. The summed E-state index contributed by atoms with van der Waals surface area (Å²) < 4.78 is 57.7. The molecule has 160 valence electrons. The molecule has 10 heteroatoms. The molecule has 0 saturated carbocycles. The second-order valence-electron chi connectivity index (χ2n) is 7.91. The average Bonchev–Trinajstić information content (AvgIpc) is 3.41. The zero-order valence-corrected chi connectivity index (χ0v) is 17.8. The molecule has 3 aliphatic rings. The number of sulfone groups is 1. The summed E-state index contributed by atoms with van der Waals surface area (Å²) in [5, 5.41) is 0. The first-order chi connectivity index (χ1) is 13.8. The van der Waals surface area contributed by atoms with Crippen LogP contribution in [0.3, 0.4) is 0 Å². The number of hydrogen-bond acceptors (Lipinski definition) is 6. The van der Waals surface area contributed by atoms with Crippen LogP contribution in [0.4, 0.5) is 5.69 Å². The molecule has 0 aromatic heterocycles. The number of benzene rings is 1. The molecule has 0 aliphatic carbocycles. The van der Waals surface area contributed by atoms with Gasteiger partial charge in [-0.15, -0.1) is 0 Å². The van der Waals surface area contributed by atoms with Gasteiger partial charge in [-0.25, -0.2) is 16.8 Å². The van der Waals surface area contributed by atoms with Crippen LogP contribution in [-0.4, -0.2) is 70.4 Å². The molecule has 3 fully saturated rings. The molecule has 0 spiro atoms. The number of hydrogen-bond donors (Lipinski definition) is 0. The maximum absolute atomic E-state index is 13.4. The van der Waals surface area contributed by atoms with Crippen molar-refractivity contribution in [2.75, 3.05) is 36.1 Å². The Balaban J connectivity index is 1.60. The van der Waals surface area contributed by atoms with Crippen molar-refractivity contribution < 1.29 is 26.4 Å². The van der Waals surface area contributed by atoms with Crippen LogP contribution in [0.5, 0.6) is 0 Å². The van der Waals surface area contributed by atoms with Gasteiger partial charge < -0.3 is 9.64 Å². The molecule has 3 saturated heterocycles. The lowest BCUT2D eigenvalue weighted by Gasteiger charge is -2.29. The van der Waals surface area contributed by atoms with Gasteiger partial charge in [0, 0.05) is 37.8 Å². The van der Waals surface area contributed by atoms with Crippen molar-refractivity contribution in [3.05, 3.63) is 24.3 Å². The van der Waals surface area contributed by atoms with Gasteiger partial charge >= 0.3 is 0 Å². The van der Waals surface area contributed by atoms with Gasteiger partial charge in [0.05, 0.1) is 22.5 Å². The predicted molar refractivity (Wildman–Crippen MR) is 108 cm³/mol. The van der Waals surface area contributed by atoms with Crippen LogP contribution < -0.4 is 4.90 Å². The number of sulfonamides is 1. The highest BCUT2D eigenvalue weighted by Crippen LogP contribution is 2.29. The zero-order chi connectivity index (χ0) is 20.6. The second-order valence-corrected chi connectivity index (χ2v) is 12.0. The molecule has 2 atom stereocenters. The molecule has 4 rings (SSSR count). The molecular weight excluding hydrogens is 416 g/mol. The van der Waals surface area contributed by atoms with E-state index in [1.807, 2.05) is 0 Å². The van der Waals surface area contributed by atoms with Gasteiger partial charge in [-0.2, -0.15) is 4.31 Å². The summed E-state index contributed by atoms with van der Waals surface area (Å²) in [6.45, 7) is 1.39. The van der Waals surface area contributed by atoms with E-state index in [4.69, 9.17) is 4.74 Å². The Morgan fingerprint density at radius 1 is 1.14 bits per heavy atom. The van der Waals surface area contributed by atoms with Gasteiger partial charge in [0.15, 0.2) is 9.84 Å². The van der Waals surface area contributed by atoms with Gasteiger partial charge in [-0.05, 0) is 49.9 Å². The fraction of sp³-hybridized carbons (Fsp3) is 0.632. The Morgan fingerprint density at radius 2 is 1.90 bits per heavy atom. The molecule has 0 unspecified atom stereocenters. The average molecular weight is 443 g/mol. The van der Waals surface area contributed by atoms with Gasteiger partial charge in [0.25, 0.3) is 0 Å². The summed E-state index contributed by atoms with van der Waals surface area (Å²) in [4.78, 5) is 13.7. The summed E-state index contributed by atoms with van der Waals surface area (Å²) in [6, 6.07) is 5.72. The highest BCUT2D eigenvalue weighted by atomic mass is 32.2. The third-order valence-electron chi connectivity index (χ3n) is 5.85. The van der Waals surface area contributed by atoms with Crippen molar-refractivity contribution >= 4 is 31.5 Å². The van der Waals surface area contributed by atoms with Gasteiger partial charge in [-0.1, -0.05) is 0 Å². The van der Waals surface area contributed by atoms with E-state index in [0.717, 1.165) is 19.3 Å². The van der Waals surface area contributed by atoms with Crippen molar-refractivity contribution in [2.24, 2.45) is 0 Å². The molecule has 29 heavy (non-hydrogen) atoms. The van der Waals surface area contributed by atoms with Crippen LogP contribution in [0.15, 0.2) is 29.2 Å². The first-order valence-corrected chi connectivity index (χ1v) is 13.3. The molecular formula is C19H26N2O6S2. The molecule has 1 amide bonds. The zero-order valence-electron chi connectivity index (χ0n) is 16.2. The van der Waals surface area contributed by atoms with E-state index in [1.54, 1.807) is 17.0 Å². The lowest BCUT2D eigenvalue weighted by atomic mass is 10.2. The lowest BCUT2D eigenvalue weighted by Crippen LogP contribution is -2.45. The Labute approximate surface area is 171 Å². The van der Waals surface area contributed by atoms with Gasteiger partial charge in [0.1, 0.15) is 0 Å². The van der Waals surface area contributed by atoms with Crippen molar-refractivity contribution in [1.82, 2.24) is 4.31 Å². The summed E-state index contributed by atoms with van der Waals surface area (Å²) in [5.74, 6) is -0.110.